The lowest BCUT2D eigenvalue weighted by Gasteiger charge is -2.45. The van der Waals surface area contributed by atoms with E-state index in [1.54, 1.807) is 11.3 Å². The number of piperidine rings is 1. The van der Waals surface area contributed by atoms with Crippen molar-refractivity contribution in [2.75, 3.05) is 6.54 Å². The molecule has 4 heteroatoms. The third kappa shape index (κ3) is 1.40. The van der Waals surface area contributed by atoms with Crippen LogP contribution in [0.2, 0.25) is 0 Å². The van der Waals surface area contributed by atoms with Crippen molar-refractivity contribution < 1.29 is 4.79 Å². The van der Waals surface area contributed by atoms with Crippen LogP contribution in [0.25, 0.3) is 0 Å². The lowest BCUT2D eigenvalue weighted by atomic mass is 9.78. The van der Waals surface area contributed by atoms with E-state index in [-0.39, 0.29) is 11.4 Å². The number of rotatable bonds is 1. The molecule has 0 spiro atoms. The van der Waals surface area contributed by atoms with Crippen molar-refractivity contribution >= 4 is 33.2 Å². The van der Waals surface area contributed by atoms with Crippen LogP contribution in [0.4, 0.5) is 0 Å². The fraction of sp³-hybridized carbons (Fsp3) is 0.615. The van der Waals surface area contributed by atoms with Crippen molar-refractivity contribution in [1.29, 1.82) is 0 Å². The van der Waals surface area contributed by atoms with Gasteiger partial charge in [-0.3, -0.25) is 4.79 Å². The van der Waals surface area contributed by atoms with Gasteiger partial charge in [0.2, 0.25) is 0 Å². The second-order valence-electron chi connectivity index (χ2n) is 5.29. The van der Waals surface area contributed by atoms with Crippen LogP contribution in [-0.4, -0.2) is 17.4 Å². The average molecular weight is 314 g/mol. The Morgan fingerprint density at radius 3 is 2.94 bits per heavy atom. The van der Waals surface area contributed by atoms with Gasteiger partial charge in [-0.2, -0.15) is 0 Å². The van der Waals surface area contributed by atoms with Crippen molar-refractivity contribution in [2.24, 2.45) is 5.92 Å². The van der Waals surface area contributed by atoms with E-state index >= 15 is 0 Å². The third-order valence-electron chi connectivity index (χ3n) is 4.20. The molecule has 17 heavy (non-hydrogen) atoms. The number of fused-ring (bicyclic) bond motifs is 3. The highest BCUT2D eigenvalue weighted by molar-refractivity contribution is 9.11. The summed E-state index contributed by atoms with van der Waals surface area (Å²) in [5, 5.41) is 0. The minimum absolute atomic E-state index is 0.0125. The van der Waals surface area contributed by atoms with Crippen LogP contribution in [0.15, 0.2) is 9.85 Å². The summed E-state index contributed by atoms with van der Waals surface area (Å²) in [6.07, 6.45) is 3.50. The van der Waals surface area contributed by atoms with Gasteiger partial charge in [0.05, 0.1) is 14.9 Å². The number of nitrogens with zero attached hydrogens (tertiary/aromatic N) is 1. The van der Waals surface area contributed by atoms with Gasteiger partial charge in [-0.15, -0.1) is 11.3 Å². The zero-order chi connectivity index (χ0) is 12.2. The summed E-state index contributed by atoms with van der Waals surface area (Å²) in [5.74, 6) is 0.730. The van der Waals surface area contributed by atoms with Gasteiger partial charge in [0, 0.05) is 11.4 Å². The number of amides is 1. The molecule has 0 aliphatic carbocycles. The van der Waals surface area contributed by atoms with Crippen LogP contribution in [-0.2, 0) is 5.54 Å². The first-order valence-corrected chi connectivity index (χ1v) is 7.80. The molecule has 1 aromatic heterocycles. The Morgan fingerprint density at radius 1 is 1.47 bits per heavy atom. The van der Waals surface area contributed by atoms with Gasteiger partial charge in [0.15, 0.2) is 0 Å². The highest BCUT2D eigenvalue weighted by Gasteiger charge is 2.53. The van der Waals surface area contributed by atoms with E-state index in [1.807, 2.05) is 6.07 Å². The SMILES string of the molecule is CC(C)C12CCCCN1C(=O)c1cc(Br)sc12. The molecular weight excluding hydrogens is 298 g/mol. The van der Waals surface area contributed by atoms with Crippen molar-refractivity contribution in [3.8, 4) is 0 Å². The Bertz CT molecular complexity index is 482. The lowest BCUT2D eigenvalue weighted by molar-refractivity contribution is 0.0212. The summed E-state index contributed by atoms with van der Waals surface area (Å²) in [5.41, 5.74) is 0.930. The zero-order valence-electron chi connectivity index (χ0n) is 10.1. The van der Waals surface area contributed by atoms with E-state index in [4.69, 9.17) is 0 Å². The van der Waals surface area contributed by atoms with Crippen molar-refractivity contribution in [3.63, 3.8) is 0 Å². The Labute approximate surface area is 114 Å². The third-order valence-corrected chi connectivity index (χ3v) is 6.00. The van der Waals surface area contributed by atoms with Gasteiger partial charge < -0.3 is 4.90 Å². The Balaban J connectivity index is 2.21. The predicted octanol–water partition coefficient (Wildman–Crippen LogP) is 4.00. The largest absolute Gasteiger partial charge is 0.328 e. The molecule has 3 rings (SSSR count). The molecule has 0 radical (unpaired) electrons. The van der Waals surface area contributed by atoms with Crippen LogP contribution in [0.5, 0.6) is 0 Å². The summed E-state index contributed by atoms with van der Waals surface area (Å²) in [4.78, 5) is 15.9. The summed E-state index contributed by atoms with van der Waals surface area (Å²) >= 11 is 5.27. The smallest absolute Gasteiger partial charge is 0.255 e. The molecule has 1 saturated heterocycles. The molecular formula is C13H16BrNOS. The second-order valence-corrected chi connectivity index (χ2v) is 7.72. The van der Waals surface area contributed by atoms with Crippen molar-refractivity contribution in [2.45, 2.75) is 38.6 Å². The number of hydrogen-bond acceptors (Lipinski definition) is 2. The molecule has 3 heterocycles. The van der Waals surface area contributed by atoms with Crippen LogP contribution in [0.1, 0.15) is 48.3 Å². The highest BCUT2D eigenvalue weighted by Crippen LogP contribution is 2.53. The Morgan fingerprint density at radius 2 is 2.24 bits per heavy atom. The van der Waals surface area contributed by atoms with E-state index in [0.29, 0.717) is 5.92 Å². The summed E-state index contributed by atoms with van der Waals surface area (Å²) in [6.45, 7) is 5.42. The lowest BCUT2D eigenvalue weighted by Crippen LogP contribution is -2.50. The van der Waals surface area contributed by atoms with Crippen LogP contribution in [0, 0.1) is 5.92 Å². The minimum Gasteiger partial charge on any atom is -0.328 e. The maximum Gasteiger partial charge on any atom is 0.255 e. The molecule has 0 aromatic carbocycles. The first-order valence-electron chi connectivity index (χ1n) is 6.19. The minimum atomic E-state index is -0.0125. The number of thiophene rings is 1. The molecule has 1 fully saturated rings. The first kappa shape index (κ1) is 11.7. The Hall–Kier alpha value is -0.350. The molecule has 1 atom stereocenters. The Kier molecular flexibility index (Phi) is 2.63. The average Bonchev–Trinajstić information content (AvgIpc) is 2.78. The fourth-order valence-corrected chi connectivity index (χ4v) is 5.33. The van der Waals surface area contributed by atoms with Gasteiger partial charge in [-0.25, -0.2) is 0 Å². The van der Waals surface area contributed by atoms with Crippen LogP contribution in [0.3, 0.4) is 0 Å². The van der Waals surface area contributed by atoms with Gasteiger partial charge in [-0.05, 0) is 47.2 Å². The first-order chi connectivity index (χ1) is 8.07. The molecule has 1 amide bonds. The predicted molar refractivity (Wildman–Crippen MR) is 73.4 cm³/mol. The molecule has 92 valence electrons. The molecule has 2 aliphatic heterocycles. The molecule has 0 saturated carbocycles. The number of hydrogen-bond donors (Lipinski definition) is 0. The van der Waals surface area contributed by atoms with Gasteiger partial charge in [0.1, 0.15) is 0 Å². The monoisotopic (exact) mass is 313 g/mol. The molecule has 1 unspecified atom stereocenters. The van der Waals surface area contributed by atoms with Crippen molar-refractivity contribution in [1.82, 2.24) is 4.90 Å². The molecule has 2 aliphatic rings. The molecule has 0 N–H and O–H groups in total. The summed E-state index contributed by atoms with van der Waals surface area (Å²) in [7, 11) is 0. The summed E-state index contributed by atoms with van der Waals surface area (Å²) in [6, 6.07) is 2.00. The van der Waals surface area contributed by atoms with Gasteiger partial charge >= 0.3 is 0 Å². The number of halogens is 1. The second kappa shape index (κ2) is 3.82. The maximum absolute atomic E-state index is 12.5. The van der Waals surface area contributed by atoms with Crippen LogP contribution < -0.4 is 0 Å². The van der Waals surface area contributed by atoms with Crippen molar-refractivity contribution in [3.05, 3.63) is 20.3 Å². The molecule has 2 nitrogen and oxygen atoms in total. The highest BCUT2D eigenvalue weighted by atomic mass is 79.9. The quantitative estimate of drug-likeness (QED) is 0.767. The van der Waals surface area contributed by atoms with E-state index in [9.17, 15) is 4.79 Å². The number of carbonyl (C=O) groups excluding carboxylic acids is 1. The van der Waals surface area contributed by atoms with Gasteiger partial charge in [-0.1, -0.05) is 13.8 Å². The standard InChI is InChI=1S/C13H16BrNOS/c1-8(2)13-5-3-4-6-15(13)12(16)9-7-10(14)17-11(9)13/h7-8H,3-6H2,1-2H3. The van der Waals surface area contributed by atoms with Gasteiger partial charge in [0.25, 0.3) is 5.91 Å². The fourth-order valence-electron chi connectivity index (χ4n) is 3.37. The molecule has 1 aromatic rings. The van der Waals surface area contributed by atoms with E-state index in [1.165, 1.54) is 11.3 Å². The zero-order valence-corrected chi connectivity index (χ0v) is 12.5. The van der Waals surface area contributed by atoms with E-state index in [0.717, 1.165) is 28.7 Å². The topological polar surface area (TPSA) is 20.3 Å². The van der Waals surface area contributed by atoms with Crippen LogP contribution >= 0.6 is 27.3 Å². The van der Waals surface area contributed by atoms with E-state index in [2.05, 4.69) is 34.7 Å². The maximum atomic E-state index is 12.5. The normalized spacial score (nSPS) is 27.5. The summed E-state index contributed by atoms with van der Waals surface area (Å²) < 4.78 is 1.08. The molecule has 0 bridgehead atoms. The van der Waals surface area contributed by atoms with E-state index < -0.39 is 0 Å². The number of carbonyl (C=O) groups is 1.